The summed E-state index contributed by atoms with van der Waals surface area (Å²) in [4.78, 5) is 0. The van der Waals surface area contributed by atoms with Gasteiger partial charge in [0.05, 0.1) is 0 Å². The van der Waals surface area contributed by atoms with Gasteiger partial charge in [-0.3, -0.25) is 0 Å². The maximum Gasteiger partial charge on any atom is 0.381 e. The van der Waals surface area contributed by atoms with E-state index in [1.165, 1.54) is 22.6 Å². The summed E-state index contributed by atoms with van der Waals surface area (Å²) in [6.07, 6.45) is -0.125. The molecule has 0 aromatic carbocycles. The first-order valence-electron chi connectivity index (χ1n) is 6.55. The van der Waals surface area contributed by atoms with Gasteiger partial charge >= 0.3 is 23.7 Å². The fourth-order valence-corrected chi connectivity index (χ4v) is 3.42. The van der Waals surface area contributed by atoms with Crippen molar-refractivity contribution in [3.05, 3.63) is 0 Å². The summed E-state index contributed by atoms with van der Waals surface area (Å²) in [5, 5.41) is 0. The van der Waals surface area contributed by atoms with Crippen LogP contribution in [0, 0.1) is 0 Å². The standard InChI is InChI=1S/C12H14F9I/c1-2-3-4-5-7(22)6-8(13)9(14,15)11(18,19)12(20,21)10(8,16)17/h7H,2-6H2,1H3. The third-order valence-electron chi connectivity index (χ3n) is 3.80. The fourth-order valence-electron chi connectivity index (χ4n) is 2.37. The summed E-state index contributed by atoms with van der Waals surface area (Å²) >= 11 is 1.34. The minimum atomic E-state index is -6.46. The second-order valence-electron chi connectivity index (χ2n) is 5.40. The van der Waals surface area contributed by atoms with E-state index in [0.29, 0.717) is 19.3 Å². The summed E-state index contributed by atoms with van der Waals surface area (Å²) in [5.41, 5.74) is -5.30. The zero-order valence-corrected chi connectivity index (χ0v) is 13.6. The van der Waals surface area contributed by atoms with Gasteiger partial charge in [-0.05, 0) is 6.42 Å². The first kappa shape index (κ1) is 20.1. The van der Waals surface area contributed by atoms with Crippen molar-refractivity contribution in [3.8, 4) is 0 Å². The Balaban J connectivity index is 3.14. The predicted molar refractivity (Wildman–Crippen MR) is 70.2 cm³/mol. The Morgan fingerprint density at radius 3 is 1.50 bits per heavy atom. The van der Waals surface area contributed by atoms with Gasteiger partial charge in [-0.1, -0.05) is 48.8 Å². The maximum atomic E-state index is 14.2. The monoisotopic (exact) mass is 456 g/mol. The summed E-state index contributed by atoms with van der Waals surface area (Å²) in [6.45, 7) is 1.79. The van der Waals surface area contributed by atoms with Crippen LogP contribution in [0.2, 0.25) is 0 Å². The van der Waals surface area contributed by atoms with Crippen LogP contribution >= 0.6 is 22.6 Å². The highest BCUT2D eigenvalue weighted by molar-refractivity contribution is 14.1. The molecule has 0 aromatic heterocycles. The van der Waals surface area contributed by atoms with Crippen LogP contribution in [-0.4, -0.2) is 33.3 Å². The highest BCUT2D eigenvalue weighted by atomic mass is 127. The van der Waals surface area contributed by atoms with Crippen molar-refractivity contribution in [2.24, 2.45) is 0 Å². The van der Waals surface area contributed by atoms with Gasteiger partial charge in [0.2, 0.25) is 0 Å². The molecule has 0 heterocycles. The Bertz CT molecular complexity index is 381. The Hall–Kier alpha value is 0.1000. The largest absolute Gasteiger partial charge is 0.381 e. The lowest BCUT2D eigenvalue weighted by atomic mass is 9.90. The molecular weight excluding hydrogens is 442 g/mol. The summed E-state index contributed by atoms with van der Waals surface area (Å²) < 4.78 is 119. The van der Waals surface area contributed by atoms with Crippen molar-refractivity contribution in [3.63, 3.8) is 0 Å². The van der Waals surface area contributed by atoms with Crippen molar-refractivity contribution >= 4 is 22.6 Å². The van der Waals surface area contributed by atoms with Gasteiger partial charge < -0.3 is 0 Å². The van der Waals surface area contributed by atoms with E-state index in [-0.39, 0.29) is 6.42 Å². The van der Waals surface area contributed by atoms with E-state index in [9.17, 15) is 39.5 Å². The molecule has 0 saturated heterocycles. The molecule has 0 bridgehead atoms. The normalized spacial score (nSPS) is 28.5. The summed E-state index contributed by atoms with van der Waals surface area (Å²) in [5.74, 6) is -25.3. The van der Waals surface area contributed by atoms with Crippen molar-refractivity contribution < 1.29 is 39.5 Å². The second kappa shape index (κ2) is 5.87. The smallest absolute Gasteiger partial charge is 0.230 e. The molecule has 1 rings (SSSR count). The molecule has 0 spiro atoms. The van der Waals surface area contributed by atoms with E-state index >= 15 is 0 Å². The highest BCUT2D eigenvalue weighted by Gasteiger charge is 3.00. The third-order valence-corrected chi connectivity index (χ3v) is 4.87. The number of hydrogen-bond donors (Lipinski definition) is 0. The van der Waals surface area contributed by atoms with Crippen LogP contribution in [0.5, 0.6) is 0 Å². The molecule has 1 saturated carbocycles. The van der Waals surface area contributed by atoms with Crippen LogP contribution < -0.4 is 0 Å². The summed E-state index contributed by atoms with van der Waals surface area (Å²) in [6, 6.07) is 0. The van der Waals surface area contributed by atoms with Gasteiger partial charge in [0.25, 0.3) is 5.67 Å². The highest BCUT2D eigenvalue weighted by Crippen LogP contribution is 2.70. The van der Waals surface area contributed by atoms with Crippen LogP contribution in [-0.2, 0) is 0 Å². The quantitative estimate of drug-likeness (QED) is 0.199. The van der Waals surface area contributed by atoms with E-state index in [1.54, 1.807) is 6.92 Å². The van der Waals surface area contributed by atoms with Crippen molar-refractivity contribution in [2.45, 2.75) is 72.3 Å². The average molecular weight is 456 g/mol. The van der Waals surface area contributed by atoms with Gasteiger partial charge in [-0.2, -0.15) is 35.1 Å². The van der Waals surface area contributed by atoms with Gasteiger partial charge in [-0.15, -0.1) is 0 Å². The first-order chi connectivity index (χ1) is 9.70. The van der Waals surface area contributed by atoms with Crippen LogP contribution in [0.1, 0.15) is 39.0 Å². The summed E-state index contributed by atoms with van der Waals surface area (Å²) in [7, 11) is 0. The third kappa shape index (κ3) is 2.42. The minimum Gasteiger partial charge on any atom is -0.230 e. The van der Waals surface area contributed by atoms with Crippen LogP contribution in [0.25, 0.3) is 0 Å². The second-order valence-corrected chi connectivity index (χ2v) is 7.16. The van der Waals surface area contributed by atoms with E-state index in [1.807, 2.05) is 0 Å². The van der Waals surface area contributed by atoms with Gasteiger partial charge in [0.15, 0.2) is 0 Å². The zero-order chi connectivity index (χ0) is 17.6. The lowest BCUT2D eigenvalue weighted by molar-refractivity contribution is -0.303. The van der Waals surface area contributed by atoms with E-state index in [4.69, 9.17) is 0 Å². The average Bonchev–Trinajstić information content (AvgIpc) is 2.41. The molecule has 1 atom stereocenters. The van der Waals surface area contributed by atoms with Crippen molar-refractivity contribution in [1.82, 2.24) is 0 Å². The van der Waals surface area contributed by atoms with Crippen LogP contribution in [0.3, 0.4) is 0 Å². The number of hydrogen-bond acceptors (Lipinski definition) is 0. The van der Waals surface area contributed by atoms with Crippen LogP contribution in [0.4, 0.5) is 39.5 Å². The molecular formula is C12H14F9I. The molecule has 10 heteroatoms. The molecule has 0 amide bonds. The zero-order valence-electron chi connectivity index (χ0n) is 11.4. The molecule has 1 unspecified atom stereocenters. The maximum absolute atomic E-state index is 14.2. The molecule has 1 fully saturated rings. The van der Waals surface area contributed by atoms with E-state index in [2.05, 4.69) is 0 Å². The fraction of sp³-hybridized carbons (Fsp3) is 1.00. The SMILES string of the molecule is CCCCCC(I)CC1(F)C(F)(F)C(F)(F)C(F)(F)C1(F)F. The molecule has 22 heavy (non-hydrogen) atoms. The van der Waals surface area contributed by atoms with Gasteiger partial charge in [0, 0.05) is 10.3 Å². The Kier molecular flexibility index (Phi) is 5.38. The van der Waals surface area contributed by atoms with Crippen LogP contribution in [0.15, 0.2) is 0 Å². The Morgan fingerprint density at radius 2 is 1.14 bits per heavy atom. The van der Waals surface area contributed by atoms with Crippen molar-refractivity contribution in [2.75, 3.05) is 0 Å². The Morgan fingerprint density at radius 1 is 0.727 bits per heavy atom. The minimum absolute atomic E-state index is 0.0105. The lowest BCUT2D eigenvalue weighted by Crippen LogP contribution is -2.55. The van der Waals surface area contributed by atoms with Crippen molar-refractivity contribution in [1.29, 1.82) is 0 Å². The molecule has 1 aliphatic rings. The molecule has 132 valence electrons. The molecule has 0 nitrogen and oxygen atoms in total. The molecule has 0 radical (unpaired) electrons. The van der Waals surface area contributed by atoms with Gasteiger partial charge in [0.1, 0.15) is 0 Å². The lowest BCUT2D eigenvalue weighted by Gasteiger charge is -2.32. The number of rotatable bonds is 6. The number of unbranched alkanes of at least 4 members (excludes halogenated alkanes) is 2. The van der Waals surface area contributed by atoms with E-state index in [0.717, 1.165) is 0 Å². The predicted octanol–water partition coefficient (Wildman–Crippen LogP) is 6.02. The Labute approximate surface area is 134 Å². The molecule has 0 aromatic rings. The first-order valence-corrected chi connectivity index (χ1v) is 7.79. The number of halogens is 10. The molecule has 0 aliphatic heterocycles. The number of alkyl halides is 10. The molecule has 1 aliphatic carbocycles. The topological polar surface area (TPSA) is 0 Å². The van der Waals surface area contributed by atoms with E-state index < -0.39 is 39.7 Å². The van der Waals surface area contributed by atoms with Gasteiger partial charge in [-0.25, -0.2) is 4.39 Å². The molecule has 0 N–H and O–H groups in total.